The Bertz CT molecular complexity index is 434. The van der Waals surface area contributed by atoms with Crippen molar-refractivity contribution in [3.63, 3.8) is 0 Å². The van der Waals surface area contributed by atoms with Gasteiger partial charge in [0.1, 0.15) is 0 Å². The van der Waals surface area contributed by atoms with E-state index in [1.54, 1.807) is 0 Å². The molecule has 1 aromatic rings. The number of hydrogen-bond donors (Lipinski definition) is 1. The highest BCUT2D eigenvalue weighted by Crippen LogP contribution is 2.42. The molecule has 96 valence electrons. The van der Waals surface area contributed by atoms with Crippen LogP contribution in [0.25, 0.3) is 0 Å². The molecular weight excluding hydrogens is 222 g/mol. The Morgan fingerprint density at radius 3 is 2.67 bits per heavy atom. The molecule has 1 saturated carbocycles. The molecule has 1 aliphatic carbocycles. The third-order valence-electron chi connectivity index (χ3n) is 4.67. The maximum absolute atomic E-state index is 4.64. The lowest BCUT2D eigenvalue weighted by atomic mass is 9.64. The monoisotopic (exact) mass is 243 g/mol. The number of rotatable bonds is 2. The first kappa shape index (κ1) is 11.7. The molecule has 0 bridgehead atoms. The molecule has 0 spiro atoms. The fraction of sp³-hybridized carbons (Fsp3) is 0.600. The van der Waals surface area contributed by atoms with E-state index in [0.29, 0.717) is 5.92 Å². The van der Waals surface area contributed by atoms with Gasteiger partial charge in [-0.15, -0.1) is 0 Å². The highest BCUT2D eigenvalue weighted by Gasteiger charge is 2.46. The number of nitrogens with zero attached hydrogens (tertiary/aromatic N) is 2. The van der Waals surface area contributed by atoms with Gasteiger partial charge in [0.2, 0.25) is 0 Å². The van der Waals surface area contributed by atoms with Crippen molar-refractivity contribution in [2.75, 3.05) is 6.54 Å². The number of nitrogens with one attached hydrogen (secondary N) is 1. The molecule has 1 aliphatic heterocycles. The van der Waals surface area contributed by atoms with Crippen LogP contribution in [0.3, 0.4) is 0 Å². The van der Waals surface area contributed by atoms with Crippen LogP contribution in [0.4, 0.5) is 0 Å². The summed E-state index contributed by atoms with van der Waals surface area (Å²) in [5.41, 5.74) is 5.66. The van der Waals surface area contributed by atoms with Gasteiger partial charge in [0.05, 0.1) is 11.1 Å². The van der Waals surface area contributed by atoms with Gasteiger partial charge >= 0.3 is 0 Å². The summed E-state index contributed by atoms with van der Waals surface area (Å²) < 4.78 is 0. The molecule has 1 atom stereocenters. The van der Waals surface area contributed by atoms with E-state index in [4.69, 9.17) is 0 Å². The summed E-state index contributed by atoms with van der Waals surface area (Å²) in [5, 5.41) is 4.47. The van der Waals surface area contributed by atoms with Crippen LogP contribution in [0, 0.1) is 5.92 Å². The second kappa shape index (κ2) is 4.71. The van der Waals surface area contributed by atoms with Gasteiger partial charge in [0, 0.05) is 18.5 Å². The minimum atomic E-state index is 0.0433. The van der Waals surface area contributed by atoms with E-state index in [1.807, 2.05) is 12.3 Å². The van der Waals surface area contributed by atoms with Crippen LogP contribution in [-0.2, 0) is 5.41 Å². The van der Waals surface area contributed by atoms with Gasteiger partial charge in [-0.3, -0.25) is 4.98 Å². The highest BCUT2D eigenvalue weighted by atomic mass is 15.3. The van der Waals surface area contributed by atoms with Gasteiger partial charge in [-0.1, -0.05) is 25.3 Å². The van der Waals surface area contributed by atoms with Gasteiger partial charge in [0.15, 0.2) is 0 Å². The Morgan fingerprint density at radius 1 is 1.22 bits per heavy atom. The standard InChI is InChI=1S/C15H21N3/c1-12-15(11-17-18-12,13-7-3-2-4-8-13)14-9-5-6-10-16-14/h5-6,9-10,13,17H,2-4,7-8,11H2,1H3. The second-order valence-corrected chi connectivity index (χ2v) is 5.55. The Hall–Kier alpha value is -1.38. The zero-order chi connectivity index (χ0) is 12.4. The van der Waals surface area contributed by atoms with E-state index >= 15 is 0 Å². The maximum Gasteiger partial charge on any atom is 0.0739 e. The van der Waals surface area contributed by atoms with Crippen LogP contribution in [-0.4, -0.2) is 17.2 Å². The van der Waals surface area contributed by atoms with Crippen molar-refractivity contribution in [1.82, 2.24) is 10.4 Å². The number of hydrazone groups is 1. The lowest BCUT2D eigenvalue weighted by Gasteiger charge is -2.38. The predicted molar refractivity (Wildman–Crippen MR) is 73.6 cm³/mol. The van der Waals surface area contributed by atoms with Crippen molar-refractivity contribution in [1.29, 1.82) is 0 Å². The third-order valence-corrected chi connectivity index (χ3v) is 4.67. The largest absolute Gasteiger partial charge is 0.309 e. The van der Waals surface area contributed by atoms with Crippen molar-refractivity contribution in [3.8, 4) is 0 Å². The van der Waals surface area contributed by atoms with Gasteiger partial charge < -0.3 is 5.43 Å². The topological polar surface area (TPSA) is 37.3 Å². The number of pyridine rings is 1. The third kappa shape index (κ3) is 1.73. The van der Waals surface area contributed by atoms with Gasteiger partial charge in [-0.2, -0.15) is 5.10 Å². The Morgan fingerprint density at radius 2 is 2.06 bits per heavy atom. The van der Waals surface area contributed by atoms with Gasteiger partial charge in [-0.05, 0) is 37.8 Å². The molecular formula is C15H21N3. The minimum Gasteiger partial charge on any atom is -0.309 e. The smallest absolute Gasteiger partial charge is 0.0739 e. The van der Waals surface area contributed by atoms with E-state index in [9.17, 15) is 0 Å². The van der Waals surface area contributed by atoms with Crippen molar-refractivity contribution in [3.05, 3.63) is 30.1 Å². The van der Waals surface area contributed by atoms with Crippen LogP contribution in [0.2, 0.25) is 0 Å². The molecule has 0 radical (unpaired) electrons. The van der Waals surface area contributed by atoms with Crippen molar-refractivity contribution in [2.45, 2.75) is 44.4 Å². The SMILES string of the molecule is CC1=NNCC1(c1ccccn1)C1CCCCC1. The average Bonchev–Trinajstić information content (AvgIpc) is 2.84. The Balaban J connectivity index is 2.01. The Kier molecular flexibility index (Phi) is 3.06. The summed E-state index contributed by atoms with van der Waals surface area (Å²) in [6.07, 6.45) is 8.62. The molecule has 1 aromatic heterocycles. The maximum atomic E-state index is 4.64. The summed E-state index contributed by atoms with van der Waals surface area (Å²) in [5.74, 6) is 0.694. The number of hydrogen-bond acceptors (Lipinski definition) is 3. The molecule has 2 heterocycles. The van der Waals surface area contributed by atoms with E-state index in [-0.39, 0.29) is 5.41 Å². The second-order valence-electron chi connectivity index (χ2n) is 5.55. The van der Waals surface area contributed by atoms with E-state index in [1.165, 1.54) is 43.5 Å². The molecule has 0 aromatic carbocycles. The summed E-state index contributed by atoms with van der Waals surface area (Å²) in [7, 11) is 0. The normalized spacial score (nSPS) is 28.8. The average molecular weight is 243 g/mol. The fourth-order valence-electron chi connectivity index (χ4n) is 3.66. The molecule has 1 N–H and O–H groups in total. The van der Waals surface area contributed by atoms with E-state index in [0.717, 1.165) is 6.54 Å². The molecule has 1 fully saturated rings. The lowest BCUT2D eigenvalue weighted by molar-refractivity contribution is 0.261. The molecule has 0 amide bonds. The summed E-state index contributed by atoms with van der Waals surface area (Å²) in [6.45, 7) is 3.07. The molecule has 3 rings (SSSR count). The summed E-state index contributed by atoms with van der Waals surface area (Å²) in [4.78, 5) is 4.64. The molecule has 1 unspecified atom stereocenters. The Labute approximate surface area is 109 Å². The van der Waals surface area contributed by atoms with Crippen molar-refractivity contribution in [2.24, 2.45) is 11.0 Å². The predicted octanol–water partition coefficient (Wildman–Crippen LogP) is 2.88. The highest BCUT2D eigenvalue weighted by molar-refractivity contribution is 5.94. The van der Waals surface area contributed by atoms with Crippen LogP contribution in [0.1, 0.15) is 44.7 Å². The lowest BCUT2D eigenvalue weighted by Crippen LogP contribution is -2.45. The first-order valence-corrected chi connectivity index (χ1v) is 7.03. The van der Waals surface area contributed by atoms with Gasteiger partial charge in [0.25, 0.3) is 0 Å². The number of aromatic nitrogens is 1. The minimum absolute atomic E-state index is 0.0433. The van der Waals surface area contributed by atoms with E-state index in [2.05, 4.69) is 34.6 Å². The molecule has 3 nitrogen and oxygen atoms in total. The van der Waals surface area contributed by atoms with Crippen LogP contribution in [0.15, 0.2) is 29.5 Å². The quantitative estimate of drug-likeness (QED) is 0.867. The molecule has 2 aliphatic rings. The van der Waals surface area contributed by atoms with Crippen molar-refractivity contribution < 1.29 is 0 Å². The first-order valence-electron chi connectivity index (χ1n) is 7.03. The van der Waals surface area contributed by atoms with Crippen LogP contribution >= 0.6 is 0 Å². The van der Waals surface area contributed by atoms with Gasteiger partial charge in [-0.25, -0.2) is 0 Å². The van der Waals surface area contributed by atoms with Crippen LogP contribution < -0.4 is 5.43 Å². The van der Waals surface area contributed by atoms with Crippen molar-refractivity contribution >= 4 is 5.71 Å². The zero-order valence-electron chi connectivity index (χ0n) is 11.0. The van der Waals surface area contributed by atoms with Crippen LogP contribution in [0.5, 0.6) is 0 Å². The van der Waals surface area contributed by atoms with E-state index < -0.39 is 0 Å². The summed E-state index contributed by atoms with van der Waals surface area (Å²) >= 11 is 0. The zero-order valence-corrected chi connectivity index (χ0v) is 11.0. The molecule has 0 saturated heterocycles. The molecule has 3 heteroatoms. The first-order chi connectivity index (χ1) is 8.84. The molecule has 18 heavy (non-hydrogen) atoms. The summed E-state index contributed by atoms with van der Waals surface area (Å²) in [6, 6.07) is 6.26. The fourth-order valence-corrected chi connectivity index (χ4v) is 3.66.